The Labute approximate surface area is 241 Å². The third kappa shape index (κ3) is 7.25. The Hall–Kier alpha value is -5.22. The van der Waals surface area contributed by atoms with Crippen LogP contribution in [0.4, 0.5) is 5.69 Å². The van der Waals surface area contributed by atoms with Gasteiger partial charge in [0.1, 0.15) is 11.4 Å². The van der Waals surface area contributed by atoms with Crippen LogP contribution < -0.4 is 15.4 Å². The lowest BCUT2D eigenvalue weighted by molar-refractivity contribution is -0.113. The predicted molar refractivity (Wildman–Crippen MR) is 159 cm³/mol. The SMILES string of the molecule is COc1cccc(/C=C(\NC(=O)c2ccccc2)C(=O)Nc2ccc(SCc3nnnn3-c3ccccc3)cc2)c1. The number of rotatable bonds is 10. The van der Waals surface area contributed by atoms with Gasteiger partial charge in [-0.2, -0.15) is 4.68 Å². The predicted octanol–water partition coefficient (Wildman–Crippen LogP) is 5.37. The van der Waals surface area contributed by atoms with Crippen LogP contribution in [0.15, 0.2) is 120 Å². The Morgan fingerprint density at radius 2 is 1.63 bits per heavy atom. The summed E-state index contributed by atoms with van der Waals surface area (Å²) in [6.45, 7) is 0. The van der Waals surface area contributed by atoms with Crippen LogP contribution in [0.5, 0.6) is 5.75 Å². The van der Waals surface area contributed by atoms with Crippen LogP contribution in [-0.4, -0.2) is 39.1 Å². The number of carbonyl (C=O) groups is 2. The summed E-state index contributed by atoms with van der Waals surface area (Å²) in [6.07, 6.45) is 1.61. The molecule has 41 heavy (non-hydrogen) atoms. The number of para-hydroxylation sites is 1. The van der Waals surface area contributed by atoms with Crippen LogP contribution >= 0.6 is 11.8 Å². The lowest BCUT2D eigenvalue weighted by Crippen LogP contribution is -2.30. The van der Waals surface area contributed by atoms with E-state index in [1.54, 1.807) is 66.0 Å². The smallest absolute Gasteiger partial charge is 0.272 e. The molecule has 9 nitrogen and oxygen atoms in total. The fourth-order valence-corrected chi connectivity index (χ4v) is 4.69. The highest BCUT2D eigenvalue weighted by molar-refractivity contribution is 7.98. The molecule has 0 unspecified atom stereocenters. The number of hydrogen-bond acceptors (Lipinski definition) is 7. The molecule has 1 heterocycles. The lowest BCUT2D eigenvalue weighted by Gasteiger charge is -2.12. The highest BCUT2D eigenvalue weighted by Gasteiger charge is 2.16. The van der Waals surface area contributed by atoms with Gasteiger partial charge in [0.15, 0.2) is 5.82 Å². The van der Waals surface area contributed by atoms with Crippen LogP contribution in [0.3, 0.4) is 0 Å². The third-order valence-corrected chi connectivity index (χ3v) is 6.96. The Morgan fingerprint density at radius 1 is 0.902 bits per heavy atom. The molecule has 5 aromatic rings. The summed E-state index contributed by atoms with van der Waals surface area (Å²) < 4.78 is 7.01. The molecule has 0 aliphatic heterocycles. The summed E-state index contributed by atoms with van der Waals surface area (Å²) in [6, 6.07) is 33.1. The largest absolute Gasteiger partial charge is 0.497 e. The molecular formula is C31H26N6O3S. The topological polar surface area (TPSA) is 111 Å². The first-order chi connectivity index (χ1) is 20.1. The first-order valence-corrected chi connectivity index (χ1v) is 13.7. The maximum absolute atomic E-state index is 13.3. The molecule has 0 aliphatic carbocycles. The summed E-state index contributed by atoms with van der Waals surface area (Å²) in [4.78, 5) is 27.2. The third-order valence-electron chi connectivity index (χ3n) is 5.95. The Bertz CT molecular complexity index is 1650. The molecular weight excluding hydrogens is 536 g/mol. The van der Waals surface area contributed by atoms with Crippen LogP contribution in [0.2, 0.25) is 0 Å². The number of nitrogens with one attached hydrogen (secondary N) is 2. The summed E-state index contributed by atoms with van der Waals surface area (Å²) in [5.41, 5.74) is 2.71. The molecule has 4 aromatic carbocycles. The molecule has 2 N–H and O–H groups in total. The number of anilines is 1. The number of nitrogens with zero attached hydrogens (tertiary/aromatic N) is 4. The van der Waals surface area contributed by atoms with Crippen molar-refractivity contribution in [1.29, 1.82) is 0 Å². The van der Waals surface area contributed by atoms with Crippen molar-refractivity contribution in [3.8, 4) is 11.4 Å². The quantitative estimate of drug-likeness (QED) is 0.174. The van der Waals surface area contributed by atoms with Crippen LogP contribution in [0.1, 0.15) is 21.7 Å². The monoisotopic (exact) mass is 562 g/mol. The summed E-state index contributed by atoms with van der Waals surface area (Å²) >= 11 is 1.58. The Morgan fingerprint density at radius 3 is 2.37 bits per heavy atom. The van der Waals surface area contributed by atoms with Gasteiger partial charge in [-0.05, 0) is 82.7 Å². The van der Waals surface area contributed by atoms with Crippen LogP contribution in [0, 0.1) is 0 Å². The van der Waals surface area contributed by atoms with E-state index in [0.717, 1.165) is 16.4 Å². The molecule has 0 bridgehead atoms. The minimum absolute atomic E-state index is 0.0957. The van der Waals surface area contributed by atoms with Crippen molar-refractivity contribution in [3.05, 3.63) is 132 Å². The molecule has 2 amide bonds. The van der Waals surface area contributed by atoms with Gasteiger partial charge in [-0.3, -0.25) is 9.59 Å². The van der Waals surface area contributed by atoms with Gasteiger partial charge in [0.05, 0.1) is 18.6 Å². The standard InChI is InChI=1S/C31H26N6O3S/c1-40-26-14-8-9-22(19-26)20-28(33-30(38)23-10-4-2-5-11-23)31(39)32-24-15-17-27(18-16-24)41-21-29-34-35-36-37(29)25-12-6-3-7-13-25/h2-20H,21H2,1H3,(H,32,39)(H,33,38)/b28-20-. The highest BCUT2D eigenvalue weighted by atomic mass is 32.2. The van der Waals surface area contributed by atoms with E-state index in [4.69, 9.17) is 4.74 Å². The van der Waals surface area contributed by atoms with Gasteiger partial charge in [-0.25, -0.2) is 0 Å². The molecule has 0 atom stereocenters. The number of carbonyl (C=O) groups excluding carboxylic acids is 2. The van der Waals surface area contributed by atoms with Gasteiger partial charge in [0.25, 0.3) is 11.8 Å². The first kappa shape index (κ1) is 27.4. The Kier molecular flexibility index (Phi) is 8.82. The maximum Gasteiger partial charge on any atom is 0.272 e. The zero-order valence-corrected chi connectivity index (χ0v) is 22.9. The average Bonchev–Trinajstić information content (AvgIpc) is 3.50. The zero-order chi connectivity index (χ0) is 28.4. The maximum atomic E-state index is 13.3. The van der Waals surface area contributed by atoms with Crippen molar-refractivity contribution >= 4 is 35.3 Å². The number of thioether (sulfide) groups is 1. The van der Waals surface area contributed by atoms with Gasteiger partial charge < -0.3 is 15.4 Å². The second-order valence-electron chi connectivity index (χ2n) is 8.76. The molecule has 0 spiro atoms. The van der Waals surface area contributed by atoms with Crippen molar-refractivity contribution in [2.24, 2.45) is 0 Å². The van der Waals surface area contributed by atoms with E-state index in [0.29, 0.717) is 28.3 Å². The van der Waals surface area contributed by atoms with Crippen LogP contribution in [-0.2, 0) is 10.5 Å². The number of benzene rings is 4. The van der Waals surface area contributed by atoms with Crippen molar-refractivity contribution in [2.45, 2.75) is 10.6 Å². The van der Waals surface area contributed by atoms with Gasteiger partial charge in [0.2, 0.25) is 0 Å². The minimum atomic E-state index is -0.459. The van der Waals surface area contributed by atoms with E-state index in [1.165, 1.54) is 0 Å². The fraction of sp³-hybridized carbons (Fsp3) is 0.0645. The number of amides is 2. The van der Waals surface area contributed by atoms with Gasteiger partial charge in [0, 0.05) is 16.1 Å². The molecule has 0 fully saturated rings. The first-order valence-electron chi connectivity index (χ1n) is 12.7. The summed E-state index contributed by atoms with van der Waals surface area (Å²) in [7, 11) is 1.57. The summed E-state index contributed by atoms with van der Waals surface area (Å²) in [5, 5.41) is 17.7. The molecule has 0 radical (unpaired) electrons. The van der Waals surface area contributed by atoms with E-state index in [9.17, 15) is 9.59 Å². The molecule has 0 aliphatic rings. The molecule has 0 saturated heterocycles. The van der Waals surface area contributed by atoms with E-state index in [-0.39, 0.29) is 11.6 Å². The number of methoxy groups -OCH3 is 1. The van der Waals surface area contributed by atoms with Gasteiger partial charge >= 0.3 is 0 Å². The van der Waals surface area contributed by atoms with Crippen molar-refractivity contribution in [3.63, 3.8) is 0 Å². The second kappa shape index (κ2) is 13.2. The van der Waals surface area contributed by atoms with E-state index < -0.39 is 5.91 Å². The van der Waals surface area contributed by atoms with Gasteiger partial charge in [-0.15, -0.1) is 16.9 Å². The lowest BCUT2D eigenvalue weighted by atomic mass is 10.1. The van der Waals surface area contributed by atoms with Crippen molar-refractivity contribution < 1.29 is 14.3 Å². The molecule has 5 rings (SSSR count). The molecule has 10 heteroatoms. The average molecular weight is 563 g/mol. The molecule has 204 valence electrons. The highest BCUT2D eigenvalue weighted by Crippen LogP contribution is 2.24. The number of aromatic nitrogens is 4. The van der Waals surface area contributed by atoms with E-state index in [2.05, 4.69) is 26.2 Å². The molecule has 1 aromatic heterocycles. The summed E-state index contributed by atoms with van der Waals surface area (Å²) in [5.74, 6) is 1.07. The van der Waals surface area contributed by atoms with Crippen molar-refractivity contribution in [2.75, 3.05) is 12.4 Å². The van der Waals surface area contributed by atoms with Crippen molar-refractivity contribution in [1.82, 2.24) is 25.5 Å². The fourth-order valence-electron chi connectivity index (χ4n) is 3.89. The zero-order valence-electron chi connectivity index (χ0n) is 22.1. The minimum Gasteiger partial charge on any atom is -0.497 e. The number of hydrogen-bond donors (Lipinski definition) is 2. The second-order valence-corrected chi connectivity index (χ2v) is 9.81. The normalized spacial score (nSPS) is 11.1. The van der Waals surface area contributed by atoms with Gasteiger partial charge in [-0.1, -0.05) is 48.5 Å². The van der Waals surface area contributed by atoms with Crippen LogP contribution in [0.25, 0.3) is 11.8 Å². The number of tetrazole rings is 1. The number of ether oxygens (including phenoxy) is 1. The molecule has 0 saturated carbocycles. The van der Waals surface area contributed by atoms with E-state index >= 15 is 0 Å². The Balaban J connectivity index is 1.28. The van der Waals surface area contributed by atoms with E-state index in [1.807, 2.05) is 72.8 Å².